The Bertz CT molecular complexity index is 3390. The Morgan fingerprint density at radius 2 is 0.712 bits per heavy atom. The second-order valence-corrected chi connectivity index (χ2v) is 14.8. The lowest BCUT2D eigenvalue weighted by atomic mass is 10.0. The molecule has 0 saturated carbocycles. The molecule has 12 aromatic rings. The van der Waals surface area contributed by atoms with Gasteiger partial charge in [-0.1, -0.05) is 115 Å². The predicted octanol–water partition coefficient (Wildman–Crippen LogP) is 13.3. The molecular formula is C48H29N3S. The van der Waals surface area contributed by atoms with E-state index in [0.29, 0.717) is 0 Å². The second-order valence-electron chi connectivity index (χ2n) is 13.7. The second kappa shape index (κ2) is 10.5. The maximum Gasteiger partial charge on any atom is 0.0810 e. The molecule has 0 N–H and O–H groups in total. The number of aromatic nitrogens is 3. The number of hydrogen-bond donors (Lipinski definition) is 0. The summed E-state index contributed by atoms with van der Waals surface area (Å²) in [7, 11) is 0. The summed E-state index contributed by atoms with van der Waals surface area (Å²) in [6, 6.07) is 64.5. The number of para-hydroxylation sites is 5. The summed E-state index contributed by atoms with van der Waals surface area (Å²) in [6.45, 7) is 0. The van der Waals surface area contributed by atoms with Crippen molar-refractivity contribution in [1.29, 1.82) is 0 Å². The largest absolute Gasteiger partial charge is 0.309 e. The van der Waals surface area contributed by atoms with Crippen molar-refractivity contribution in [2.75, 3.05) is 0 Å². The molecule has 0 atom stereocenters. The molecule has 4 heteroatoms. The Balaban J connectivity index is 1.40. The van der Waals surface area contributed by atoms with Gasteiger partial charge in [0.25, 0.3) is 0 Å². The summed E-state index contributed by atoms with van der Waals surface area (Å²) in [4.78, 5) is 0. The van der Waals surface area contributed by atoms with Gasteiger partial charge in [0, 0.05) is 69.6 Å². The SMILES string of the molecule is c1ccc(-n2c3ccccc3c3c4c5ccccc5n(-c5ccc6c(c5)sc5ccccc56)c4c4c(c5ccccc5n4-c4ccccc4)c32)cc1. The summed E-state index contributed by atoms with van der Waals surface area (Å²) < 4.78 is 10.2. The summed E-state index contributed by atoms with van der Waals surface area (Å²) in [5.74, 6) is 0. The molecule has 242 valence electrons. The van der Waals surface area contributed by atoms with Crippen molar-refractivity contribution in [3.05, 3.63) is 176 Å². The van der Waals surface area contributed by atoms with E-state index in [-0.39, 0.29) is 0 Å². The van der Waals surface area contributed by atoms with Gasteiger partial charge in [0.15, 0.2) is 0 Å². The monoisotopic (exact) mass is 679 g/mol. The van der Waals surface area contributed by atoms with Crippen molar-refractivity contribution >= 4 is 96.9 Å². The zero-order chi connectivity index (χ0) is 33.9. The Hall–Kier alpha value is -6.62. The quantitative estimate of drug-likeness (QED) is 0.177. The van der Waals surface area contributed by atoms with Gasteiger partial charge >= 0.3 is 0 Å². The van der Waals surface area contributed by atoms with E-state index >= 15 is 0 Å². The van der Waals surface area contributed by atoms with Crippen molar-refractivity contribution < 1.29 is 0 Å². The first-order chi connectivity index (χ1) is 25.8. The molecule has 0 spiro atoms. The summed E-state index contributed by atoms with van der Waals surface area (Å²) in [5.41, 5.74) is 10.7. The number of benzene rings is 8. The van der Waals surface area contributed by atoms with Gasteiger partial charge < -0.3 is 13.7 Å². The number of fused-ring (bicyclic) bond motifs is 15. The van der Waals surface area contributed by atoms with E-state index in [1.54, 1.807) is 0 Å². The maximum atomic E-state index is 2.54. The predicted molar refractivity (Wildman–Crippen MR) is 222 cm³/mol. The fourth-order valence-corrected chi connectivity index (χ4v) is 10.1. The van der Waals surface area contributed by atoms with E-state index in [9.17, 15) is 0 Å². The third-order valence-corrected chi connectivity index (χ3v) is 12.1. The highest BCUT2D eigenvalue weighted by Crippen LogP contribution is 2.50. The molecule has 0 amide bonds. The highest BCUT2D eigenvalue weighted by atomic mass is 32.1. The Labute approximate surface area is 302 Å². The smallest absolute Gasteiger partial charge is 0.0810 e. The van der Waals surface area contributed by atoms with E-state index in [0.717, 1.165) is 11.4 Å². The van der Waals surface area contributed by atoms with Crippen LogP contribution in [0.1, 0.15) is 0 Å². The van der Waals surface area contributed by atoms with Gasteiger partial charge in [-0.15, -0.1) is 11.3 Å². The summed E-state index contributed by atoms with van der Waals surface area (Å²) in [6.07, 6.45) is 0. The third kappa shape index (κ3) is 3.64. The van der Waals surface area contributed by atoms with E-state index in [1.807, 2.05) is 11.3 Å². The van der Waals surface area contributed by atoms with Crippen LogP contribution in [0.4, 0.5) is 0 Å². The number of thiophene rings is 1. The van der Waals surface area contributed by atoms with Crippen LogP contribution < -0.4 is 0 Å². The fourth-order valence-electron chi connectivity index (χ4n) is 8.96. The topological polar surface area (TPSA) is 14.8 Å². The molecule has 0 unspecified atom stereocenters. The number of hydrogen-bond acceptors (Lipinski definition) is 1. The van der Waals surface area contributed by atoms with Crippen molar-refractivity contribution in [1.82, 2.24) is 13.7 Å². The van der Waals surface area contributed by atoms with Crippen LogP contribution in [0.15, 0.2) is 176 Å². The van der Waals surface area contributed by atoms with Crippen molar-refractivity contribution in [2.45, 2.75) is 0 Å². The summed E-state index contributed by atoms with van der Waals surface area (Å²) >= 11 is 1.87. The molecule has 0 bridgehead atoms. The van der Waals surface area contributed by atoms with Crippen molar-refractivity contribution in [3.8, 4) is 17.1 Å². The molecule has 52 heavy (non-hydrogen) atoms. The minimum Gasteiger partial charge on any atom is -0.309 e. The molecule has 12 rings (SSSR count). The molecule has 4 heterocycles. The van der Waals surface area contributed by atoms with Gasteiger partial charge in [-0.2, -0.15) is 0 Å². The third-order valence-electron chi connectivity index (χ3n) is 11.0. The summed E-state index contributed by atoms with van der Waals surface area (Å²) in [5, 5.41) is 10.2. The molecule has 0 aliphatic heterocycles. The van der Waals surface area contributed by atoms with Crippen LogP contribution in [-0.4, -0.2) is 13.7 Å². The zero-order valence-corrected chi connectivity index (χ0v) is 28.8. The number of nitrogens with zero attached hydrogens (tertiary/aromatic N) is 3. The van der Waals surface area contributed by atoms with Crippen LogP contribution in [-0.2, 0) is 0 Å². The minimum atomic E-state index is 1.15. The first kappa shape index (κ1) is 28.1. The Morgan fingerprint density at radius 3 is 1.33 bits per heavy atom. The van der Waals surface area contributed by atoms with Crippen molar-refractivity contribution in [3.63, 3.8) is 0 Å². The lowest BCUT2D eigenvalue weighted by Gasteiger charge is -2.14. The lowest BCUT2D eigenvalue weighted by molar-refractivity contribution is 1.15. The zero-order valence-electron chi connectivity index (χ0n) is 28.0. The average Bonchev–Trinajstić information content (AvgIpc) is 3.94. The normalized spacial score (nSPS) is 12.2. The fraction of sp³-hybridized carbons (Fsp3) is 0. The van der Waals surface area contributed by atoms with Crippen LogP contribution in [0.25, 0.3) is 103 Å². The van der Waals surface area contributed by atoms with Crippen LogP contribution >= 0.6 is 11.3 Å². The molecule has 4 aromatic heterocycles. The molecule has 3 nitrogen and oxygen atoms in total. The highest BCUT2D eigenvalue weighted by Gasteiger charge is 2.28. The number of rotatable bonds is 3. The molecule has 0 saturated heterocycles. The Kier molecular flexibility index (Phi) is 5.65. The highest BCUT2D eigenvalue weighted by molar-refractivity contribution is 7.25. The van der Waals surface area contributed by atoms with Crippen LogP contribution in [0.3, 0.4) is 0 Å². The van der Waals surface area contributed by atoms with E-state index < -0.39 is 0 Å². The first-order valence-corrected chi connectivity index (χ1v) is 18.6. The van der Waals surface area contributed by atoms with Crippen LogP contribution in [0, 0.1) is 0 Å². The lowest BCUT2D eigenvalue weighted by Crippen LogP contribution is -1.99. The minimum absolute atomic E-state index is 1.15. The van der Waals surface area contributed by atoms with Gasteiger partial charge in [0.2, 0.25) is 0 Å². The van der Waals surface area contributed by atoms with E-state index in [2.05, 4.69) is 190 Å². The standard InChI is InChI=1S/C48H29N3S/c1-3-15-30(16-4-1)49-38-23-11-7-20-35(38)43-44-36-21-8-12-24-39(36)51(32-27-28-34-33-19-10-14-26-41(33)52-42(34)29-32)47(44)48-45(46(43)49)37-22-9-13-25-40(37)50(48)31-17-5-2-6-18-31/h1-29H. The van der Waals surface area contributed by atoms with Crippen LogP contribution in [0.2, 0.25) is 0 Å². The Morgan fingerprint density at radius 1 is 0.288 bits per heavy atom. The van der Waals surface area contributed by atoms with E-state index in [4.69, 9.17) is 0 Å². The molecule has 0 aliphatic rings. The molecule has 0 fully saturated rings. The molecule has 8 aromatic carbocycles. The molecular weight excluding hydrogens is 651 g/mol. The van der Waals surface area contributed by atoms with Crippen molar-refractivity contribution in [2.24, 2.45) is 0 Å². The van der Waals surface area contributed by atoms with Gasteiger partial charge in [-0.25, -0.2) is 0 Å². The molecule has 0 radical (unpaired) electrons. The van der Waals surface area contributed by atoms with Gasteiger partial charge in [-0.3, -0.25) is 0 Å². The van der Waals surface area contributed by atoms with Gasteiger partial charge in [-0.05, 0) is 60.7 Å². The average molecular weight is 680 g/mol. The van der Waals surface area contributed by atoms with Gasteiger partial charge in [0.05, 0.1) is 33.1 Å². The van der Waals surface area contributed by atoms with E-state index in [1.165, 1.54) is 91.3 Å². The first-order valence-electron chi connectivity index (χ1n) is 17.8. The maximum absolute atomic E-state index is 2.54. The molecule has 0 aliphatic carbocycles. The van der Waals surface area contributed by atoms with Gasteiger partial charge in [0.1, 0.15) is 0 Å². The van der Waals surface area contributed by atoms with Crippen LogP contribution in [0.5, 0.6) is 0 Å².